The Morgan fingerprint density at radius 3 is 2.39 bits per heavy atom. The van der Waals surface area contributed by atoms with Gasteiger partial charge in [-0.2, -0.15) is 8.78 Å². The highest BCUT2D eigenvalue weighted by molar-refractivity contribution is 5.90. The van der Waals surface area contributed by atoms with Crippen LogP contribution in [0.1, 0.15) is 0 Å². The van der Waals surface area contributed by atoms with E-state index in [1.807, 2.05) is 12.4 Å². The number of hydrogen-bond acceptors (Lipinski definition) is 8. The number of urea groups is 1. The Bertz CT molecular complexity index is 1020. The Hall–Kier alpha value is -3.37. The van der Waals surface area contributed by atoms with Crippen LogP contribution in [0.4, 0.5) is 38.5 Å². The molecule has 3 aliphatic heterocycles. The number of rotatable bonds is 6. The second kappa shape index (κ2) is 12.0. The van der Waals surface area contributed by atoms with Gasteiger partial charge in [-0.05, 0) is 7.05 Å². The van der Waals surface area contributed by atoms with E-state index in [0.29, 0.717) is 13.1 Å². The second-order valence-corrected chi connectivity index (χ2v) is 9.05. The van der Waals surface area contributed by atoms with Crippen molar-refractivity contribution >= 4 is 29.4 Å². The standard InChI is InChI=1S/C22H29F4N7O5/c1-29-2-5-31(6-3-29)28-21(35)33-7-4-30(8-9-37-33)18-16(23)10-14(11-17(18)24)32-13-15(38-22(32)36)12-27-20(34)19(25)26/h10-11,15,19H,2-9,12-13H2,1H3,(H,27,34)(H,28,35)/t15-/m0/s1. The molecule has 0 aromatic heterocycles. The number of anilines is 2. The molecule has 0 saturated carbocycles. The number of hydrazine groups is 1. The third-order valence-electron chi connectivity index (χ3n) is 6.37. The minimum absolute atomic E-state index is 0.00125. The second-order valence-electron chi connectivity index (χ2n) is 9.05. The highest BCUT2D eigenvalue weighted by atomic mass is 19.3. The number of benzene rings is 1. The quantitative estimate of drug-likeness (QED) is 0.499. The average Bonchev–Trinajstić information content (AvgIpc) is 3.07. The maximum absolute atomic E-state index is 15.1. The molecule has 1 aromatic carbocycles. The molecule has 3 aliphatic rings. The van der Waals surface area contributed by atoms with Crippen molar-refractivity contribution in [2.24, 2.45) is 0 Å². The molecule has 3 heterocycles. The van der Waals surface area contributed by atoms with Gasteiger partial charge in [0.05, 0.1) is 31.9 Å². The monoisotopic (exact) mass is 547 g/mol. The predicted molar refractivity (Wildman–Crippen MR) is 125 cm³/mol. The van der Waals surface area contributed by atoms with Gasteiger partial charge in [0.15, 0.2) is 11.6 Å². The van der Waals surface area contributed by atoms with Crippen LogP contribution in [0.25, 0.3) is 0 Å². The van der Waals surface area contributed by atoms with Gasteiger partial charge in [0.1, 0.15) is 11.8 Å². The Labute approximate surface area is 215 Å². The number of amides is 4. The summed E-state index contributed by atoms with van der Waals surface area (Å²) in [4.78, 5) is 45.8. The fourth-order valence-corrected chi connectivity index (χ4v) is 4.28. The molecule has 0 unspecified atom stereocenters. The zero-order valence-corrected chi connectivity index (χ0v) is 20.7. The number of cyclic esters (lactones) is 1. The van der Waals surface area contributed by atoms with Crippen molar-refractivity contribution in [1.82, 2.24) is 25.7 Å². The first-order chi connectivity index (χ1) is 18.1. The molecule has 1 atom stereocenters. The zero-order chi connectivity index (χ0) is 27.4. The SMILES string of the molecule is CN1CCN(NC(=O)N2CCN(c3c(F)cc(N4C[C@H](CNC(=O)C(F)F)OC4=O)cc3F)CCO2)CC1. The van der Waals surface area contributed by atoms with E-state index < -0.39 is 42.2 Å². The van der Waals surface area contributed by atoms with E-state index in [-0.39, 0.29) is 50.7 Å². The molecule has 3 saturated heterocycles. The number of hydroxylamine groups is 2. The first-order valence-corrected chi connectivity index (χ1v) is 12.0. The summed E-state index contributed by atoms with van der Waals surface area (Å²) in [5, 5.41) is 4.84. The number of piperazine rings is 1. The van der Waals surface area contributed by atoms with Gasteiger partial charge in [-0.25, -0.2) is 28.4 Å². The summed E-state index contributed by atoms with van der Waals surface area (Å²) >= 11 is 0. The van der Waals surface area contributed by atoms with Crippen molar-refractivity contribution in [3.05, 3.63) is 23.8 Å². The van der Waals surface area contributed by atoms with Gasteiger partial charge < -0.3 is 19.9 Å². The van der Waals surface area contributed by atoms with E-state index in [9.17, 15) is 23.2 Å². The highest BCUT2D eigenvalue weighted by Crippen LogP contribution is 2.31. The minimum Gasteiger partial charge on any atom is -0.442 e. The molecule has 2 N–H and O–H groups in total. The number of alkyl halides is 2. The molecular weight excluding hydrogens is 518 g/mol. The smallest absolute Gasteiger partial charge is 0.414 e. The van der Waals surface area contributed by atoms with Crippen LogP contribution in [0, 0.1) is 11.6 Å². The number of halogens is 4. The number of nitrogens with zero attached hydrogens (tertiary/aromatic N) is 5. The molecule has 0 radical (unpaired) electrons. The maximum Gasteiger partial charge on any atom is 0.414 e. The van der Waals surface area contributed by atoms with E-state index in [2.05, 4.69) is 10.3 Å². The number of hydrogen-bond donors (Lipinski definition) is 2. The predicted octanol–water partition coefficient (Wildman–Crippen LogP) is 0.597. The lowest BCUT2D eigenvalue weighted by Gasteiger charge is -2.33. The summed E-state index contributed by atoms with van der Waals surface area (Å²) in [6, 6.07) is 1.45. The first kappa shape index (κ1) is 27.7. The van der Waals surface area contributed by atoms with Crippen LogP contribution < -0.4 is 20.5 Å². The molecule has 4 rings (SSSR count). The molecule has 3 fully saturated rings. The van der Waals surface area contributed by atoms with Crippen molar-refractivity contribution in [3.8, 4) is 0 Å². The summed E-state index contributed by atoms with van der Waals surface area (Å²) in [5.41, 5.74) is 2.30. The van der Waals surface area contributed by atoms with Crippen molar-refractivity contribution < 1.29 is 41.5 Å². The lowest BCUT2D eigenvalue weighted by molar-refractivity contribution is -0.132. The summed E-state index contributed by atoms with van der Waals surface area (Å²) < 4.78 is 59.9. The lowest BCUT2D eigenvalue weighted by atomic mass is 10.2. The molecule has 4 amide bonds. The van der Waals surface area contributed by atoms with Gasteiger partial charge in [0.25, 0.3) is 5.91 Å². The van der Waals surface area contributed by atoms with Crippen molar-refractivity contribution in [2.75, 3.05) is 82.4 Å². The summed E-state index contributed by atoms with van der Waals surface area (Å²) in [6.45, 7) is 2.57. The van der Waals surface area contributed by atoms with E-state index in [1.165, 1.54) is 4.90 Å². The summed E-state index contributed by atoms with van der Waals surface area (Å²) in [6.07, 6.45) is -5.12. The Balaban J connectivity index is 1.36. The molecule has 0 aliphatic carbocycles. The van der Waals surface area contributed by atoms with Gasteiger partial charge >= 0.3 is 18.5 Å². The first-order valence-electron chi connectivity index (χ1n) is 12.0. The largest absolute Gasteiger partial charge is 0.442 e. The van der Waals surface area contributed by atoms with E-state index in [1.54, 1.807) is 5.01 Å². The van der Waals surface area contributed by atoms with Crippen LogP contribution in [0.5, 0.6) is 0 Å². The van der Waals surface area contributed by atoms with Crippen LogP contribution >= 0.6 is 0 Å². The molecule has 38 heavy (non-hydrogen) atoms. The van der Waals surface area contributed by atoms with Gasteiger partial charge in [0.2, 0.25) is 0 Å². The number of nitrogens with one attached hydrogen (secondary N) is 2. The third-order valence-corrected chi connectivity index (χ3v) is 6.37. The number of ether oxygens (including phenoxy) is 1. The van der Waals surface area contributed by atoms with Crippen molar-refractivity contribution in [1.29, 1.82) is 0 Å². The topological polar surface area (TPSA) is 110 Å². The number of carbonyl (C=O) groups excluding carboxylic acids is 3. The van der Waals surface area contributed by atoms with Crippen LogP contribution in [-0.4, -0.2) is 118 Å². The van der Waals surface area contributed by atoms with Crippen molar-refractivity contribution in [2.45, 2.75) is 12.5 Å². The Morgan fingerprint density at radius 2 is 1.74 bits per heavy atom. The van der Waals surface area contributed by atoms with Crippen LogP contribution in [0.2, 0.25) is 0 Å². The highest BCUT2D eigenvalue weighted by Gasteiger charge is 2.35. The van der Waals surface area contributed by atoms with Gasteiger partial charge in [-0.1, -0.05) is 0 Å². The van der Waals surface area contributed by atoms with Crippen LogP contribution in [0.3, 0.4) is 0 Å². The number of carbonyl (C=O) groups is 3. The molecule has 12 nitrogen and oxygen atoms in total. The Morgan fingerprint density at radius 1 is 1.05 bits per heavy atom. The Kier molecular flexibility index (Phi) is 8.73. The fourth-order valence-electron chi connectivity index (χ4n) is 4.28. The van der Waals surface area contributed by atoms with Crippen LogP contribution in [0.15, 0.2) is 12.1 Å². The van der Waals surface area contributed by atoms with Crippen LogP contribution in [-0.2, 0) is 14.4 Å². The normalized spacial score (nSPS) is 21.5. The van der Waals surface area contributed by atoms with E-state index in [4.69, 9.17) is 9.57 Å². The van der Waals surface area contributed by atoms with E-state index in [0.717, 1.165) is 35.2 Å². The van der Waals surface area contributed by atoms with E-state index >= 15 is 8.78 Å². The fraction of sp³-hybridized carbons (Fsp3) is 0.591. The molecule has 16 heteroatoms. The van der Waals surface area contributed by atoms with Gasteiger partial charge in [-0.15, -0.1) is 0 Å². The molecule has 210 valence electrons. The van der Waals surface area contributed by atoms with Gasteiger partial charge in [-0.3, -0.25) is 20.0 Å². The van der Waals surface area contributed by atoms with Gasteiger partial charge in [0, 0.05) is 51.4 Å². The minimum atomic E-state index is -3.22. The molecule has 0 bridgehead atoms. The maximum atomic E-state index is 15.1. The number of likely N-dealkylation sites (N-methyl/N-ethyl adjacent to an activating group) is 1. The summed E-state index contributed by atoms with van der Waals surface area (Å²) in [7, 11) is 1.99. The summed E-state index contributed by atoms with van der Waals surface area (Å²) in [5.74, 6) is -3.41. The van der Waals surface area contributed by atoms with Crippen molar-refractivity contribution in [3.63, 3.8) is 0 Å². The molecular formula is C22H29F4N7O5. The lowest BCUT2D eigenvalue weighted by Crippen LogP contribution is -2.55. The zero-order valence-electron chi connectivity index (χ0n) is 20.7. The molecule has 0 spiro atoms. The molecule has 1 aromatic rings. The average molecular weight is 548 g/mol. The third kappa shape index (κ3) is 6.54.